The summed E-state index contributed by atoms with van der Waals surface area (Å²) in [7, 11) is -10.3. The molecule has 16 heavy (non-hydrogen) atoms. The quantitative estimate of drug-likeness (QED) is 0.484. The zero-order chi connectivity index (χ0) is 12.8. The van der Waals surface area contributed by atoms with Gasteiger partial charge in [-0.2, -0.15) is 4.31 Å². The smallest absolute Gasteiger partial charge is 0.367 e. The normalized spacial score (nSPS) is 16.0. The van der Waals surface area contributed by atoms with Crippen molar-refractivity contribution in [3.05, 3.63) is 12.2 Å². The van der Waals surface area contributed by atoms with Gasteiger partial charge in [-0.15, -0.1) is 0 Å². The Labute approximate surface area is 91.7 Å². The van der Waals surface area contributed by atoms with Gasteiger partial charge in [-0.1, -0.05) is 19.4 Å². The summed E-state index contributed by atoms with van der Waals surface area (Å²) >= 11 is 0. The third-order valence-electron chi connectivity index (χ3n) is 1.12. The highest BCUT2D eigenvalue weighted by Crippen LogP contribution is 2.57. The third kappa shape index (κ3) is 8.79. The van der Waals surface area contributed by atoms with Crippen LogP contribution in [0, 0.1) is 0 Å². The van der Waals surface area contributed by atoms with Crippen molar-refractivity contribution in [3.63, 3.8) is 0 Å². The Bertz CT molecular complexity index is 356. The number of unbranched alkanes of at least 4 members (excludes halogenated alkanes) is 1. The van der Waals surface area contributed by atoms with Crippen LogP contribution in [-0.2, 0) is 22.8 Å². The lowest BCUT2D eigenvalue weighted by Gasteiger charge is -2.10. The maximum atomic E-state index is 10.8. The van der Waals surface area contributed by atoms with Crippen LogP contribution in [0.4, 0.5) is 0 Å². The van der Waals surface area contributed by atoms with E-state index in [1.807, 2.05) is 6.92 Å². The van der Waals surface area contributed by atoms with Gasteiger partial charge in [-0.25, -0.2) is 13.9 Å². The highest BCUT2D eigenvalue weighted by Gasteiger charge is 2.34. The Morgan fingerprint density at radius 2 is 1.88 bits per heavy atom. The summed E-state index contributed by atoms with van der Waals surface area (Å²) in [6.45, 7) is 1.85. The van der Waals surface area contributed by atoms with Gasteiger partial charge in [0.1, 0.15) is 0 Å². The van der Waals surface area contributed by atoms with Crippen LogP contribution in [0.3, 0.4) is 0 Å². The van der Waals surface area contributed by atoms with Crippen LogP contribution >= 0.6 is 15.6 Å². The monoisotopic (exact) mass is 274 g/mol. The molecule has 0 saturated heterocycles. The second kappa shape index (κ2) is 6.30. The number of phosphoric ester groups is 1. The molecule has 0 aromatic carbocycles. The number of carbonyl (C=O) groups is 1. The van der Waals surface area contributed by atoms with Crippen molar-refractivity contribution in [1.82, 2.24) is 0 Å². The van der Waals surface area contributed by atoms with E-state index in [1.165, 1.54) is 6.08 Å². The molecule has 0 spiro atoms. The van der Waals surface area contributed by atoms with E-state index < -0.39 is 21.6 Å². The summed E-state index contributed by atoms with van der Waals surface area (Å²) in [4.78, 5) is 36.0. The van der Waals surface area contributed by atoms with Crippen LogP contribution in [-0.4, -0.2) is 20.6 Å². The lowest BCUT2D eigenvalue weighted by atomic mass is 10.3. The Kier molecular flexibility index (Phi) is 6.10. The molecule has 0 aromatic rings. The minimum Gasteiger partial charge on any atom is -0.367 e. The second-order valence-corrected chi connectivity index (χ2v) is 5.40. The molecule has 0 rings (SSSR count). The van der Waals surface area contributed by atoms with Crippen LogP contribution in [0.15, 0.2) is 12.2 Å². The lowest BCUT2D eigenvalue weighted by Crippen LogP contribution is -2.00. The summed E-state index contributed by atoms with van der Waals surface area (Å²) in [5.74, 6) is -1.22. The van der Waals surface area contributed by atoms with Gasteiger partial charge >= 0.3 is 21.6 Å². The lowest BCUT2D eigenvalue weighted by molar-refractivity contribution is -0.130. The van der Waals surface area contributed by atoms with Gasteiger partial charge in [0.05, 0.1) is 0 Å². The fourth-order valence-electron chi connectivity index (χ4n) is 0.641. The molecule has 8 nitrogen and oxygen atoms in total. The van der Waals surface area contributed by atoms with E-state index in [-0.39, 0.29) is 0 Å². The van der Waals surface area contributed by atoms with Gasteiger partial charge in [0.25, 0.3) is 0 Å². The molecule has 0 aliphatic rings. The molecular weight excluding hydrogens is 262 g/mol. The summed E-state index contributed by atoms with van der Waals surface area (Å²) in [5.41, 5.74) is 0. The molecule has 1 atom stereocenters. The molecule has 0 radical (unpaired) electrons. The molecule has 0 aliphatic carbocycles. The number of carbonyl (C=O) groups excluding carboxylic acids is 1. The Morgan fingerprint density at radius 3 is 2.31 bits per heavy atom. The largest absolute Gasteiger partial charge is 0.538 e. The summed E-state index contributed by atoms with van der Waals surface area (Å²) in [6, 6.07) is 0. The molecule has 0 saturated carbocycles. The standard InChI is InChI=1S/C6H12O8P2/c1-2-3-4-5-6(7)13-16(11,12)14-15(8,9)10/h4-5H,2-3H2,1H3,(H,11,12)(H2,8,9,10). The van der Waals surface area contributed by atoms with Gasteiger partial charge < -0.3 is 14.3 Å². The fourth-order valence-corrected chi connectivity index (χ4v) is 2.14. The van der Waals surface area contributed by atoms with Gasteiger partial charge in [-0.3, -0.25) is 4.89 Å². The SMILES string of the molecule is CCCC=CC(=O)OP(=O)(O)OP(=O)(O)O. The first-order valence-electron chi connectivity index (χ1n) is 4.16. The van der Waals surface area contributed by atoms with Gasteiger partial charge in [0.15, 0.2) is 0 Å². The maximum Gasteiger partial charge on any atom is 0.538 e. The zero-order valence-electron chi connectivity index (χ0n) is 8.35. The highest BCUT2D eigenvalue weighted by atomic mass is 31.3. The van der Waals surface area contributed by atoms with Crippen LogP contribution in [0.1, 0.15) is 19.8 Å². The molecule has 0 amide bonds. The number of phosphoric acid groups is 2. The van der Waals surface area contributed by atoms with Crippen molar-refractivity contribution < 1.29 is 37.4 Å². The molecule has 94 valence electrons. The van der Waals surface area contributed by atoms with Crippen molar-refractivity contribution in [2.75, 3.05) is 0 Å². The zero-order valence-corrected chi connectivity index (χ0v) is 10.1. The summed E-state index contributed by atoms with van der Waals surface area (Å²) in [5, 5.41) is 0. The molecule has 0 aliphatic heterocycles. The molecule has 0 fully saturated rings. The van der Waals surface area contributed by atoms with E-state index >= 15 is 0 Å². The molecule has 0 bridgehead atoms. The van der Waals surface area contributed by atoms with E-state index in [0.29, 0.717) is 6.42 Å². The third-order valence-corrected chi connectivity index (χ3v) is 3.21. The predicted octanol–water partition coefficient (Wildman–Crippen LogP) is 1.10. The van der Waals surface area contributed by atoms with Crippen molar-refractivity contribution >= 4 is 21.6 Å². The minimum atomic E-state index is -5.19. The molecule has 1 unspecified atom stereocenters. The van der Waals surface area contributed by atoms with Gasteiger partial charge in [0.2, 0.25) is 0 Å². The van der Waals surface area contributed by atoms with E-state index in [2.05, 4.69) is 8.83 Å². The van der Waals surface area contributed by atoms with Crippen LogP contribution in [0.5, 0.6) is 0 Å². The van der Waals surface area contributed by atoms with Crippen LogP contribution in [0.25, 0.3) is 0 Å². The molecule has 0 aromatic heterocycles. The topological polar surface area (TPSA) is 130 Å². The summed E-state index contributed by atoms with van der Waals surface area (Å²) in [6.07, 6.45) is 3.58. The van der Waals surface area contributed by atoms with E-state index in [1.54, 1.807) is 0 Å². The van der Waals surface area contributed by atoms with Crippen LogP contribution in [0.2, 0.25) is 0 Å². The minimum absolute atomic E-state index is 0.560. The van der Waals surface area contributed by atoms with Crippen molar-refractivity contribution in [2.24, 2.45) is 0 Å². The molecule has 10 heteroatoms. The Hall–Kier alpha value is -0.490. The van der Waals surface area contributed by atoms with E-state index in [0.717, 1.165) is 12.5 Å². The maximum absolute atomic E-state index is 10.8. The van der Waals surface area contributed by atoms with Crippen molar-refractivity contribution in [3.8, 4) is 0 Å². The molecule has 3 N–H and O–H groups in total. The van der Waals surface area contributed by atoms with E-state index in [9.17, 15) is 13.9 Å². The average molecular weight is 274 g/mol. The van der Waals surface area contributed by atoms with Gasteiger partial charge in [-0.05, 0) is 6.42 Å². The van der Waals surface area contributed by atoms with Gasteiger partial charge in [0, 0.05) is 6.08 Å². The number of allylic oxidation sites excluding steroid dienone is 1. The molecule has 0 heterocycles. The van der Waals surface area contributed by atoms with Crippen molar-refractivity contribution in [1.29, 1.82) is 0 Å². The number of hydrogen-bond donors (Lipinski definition) is 3. The fraction of sp³-hybridized carbons (Fsp3) is 0.500. The first kappa shape index (κ1) is 15.5. The summed E-state index contributed by atoms with van der Waals surface area (Å²) < 4.78 is 28.3. The number of hydrogen-bond acceptors (Lipinski definition) is 5. The Morgan fingerprint density at radius 1 is 1.31 bits per heavy atom. The van der Waals surface area contributed by atoms with Crippen LogP contribution < -0.4 is 0 Å². The second-order valence-electron chi connectivity index (χ2n) is 2.64. The predicted molar refractivity (Wildman–Crippen MR) is 53.1 cm³/mol. The first-order valence-corrected chi connectivity index (χ1v) is 7.18. The average Bonchev–Trinajstić information content (AvgIpc) is 1.98. The molecular formula is C6H12O8P2. The Balaban J connectivity index is 4.32. The van der Waals surface area contributed by atoms with E-state index in [4.69, 9.17) is 14.7 Å². The number of rotatable bonds is 6. The first-order chi connectivity index (χ1) is 7.16. The van der Waals surface area contributed by atoms with Crippen molar-refractivity contribution in [2.45, 2.75) is 19.8 Å². The highest BCUT2D eigenvalue weighted by molar-refractivity contribution is 7.61.